The minimum Gasteiger partial charge on any atom is -0.477 e. The van der Waals surface area contributed by atoms with Gasteiger partial charge in [0, 0.05) is 19.3 Å². The van der Waals surface area contributed by atoms with E-state index in [4.69, 9.17) is 14.2 Å². The molecule has 2 unspecified atom stereocenters. The van der Waals surface area contributed by atoms with Crippen LogP contribution in [0.4, 0.5) is 0 Å². The van der Waals surface area contributed by atoms with E-state index in [9.17, 15) is 19.5 Å². The highest BCUT2D eigenvalue weighted by Crippen LogP contribution is 2.11. The van der Waals surface area contributed by atoms with Crippen LogP contribution in [0.2, 0.25) is 0 Å². The molecule has 8 nitrogen and oxygen atoms in total. The third-order valence-electron chi connectivity index (χ3n) is 7.60. The SMILES string of the molecule is CC/C=C/C/C=C/C/C=C/C/C=C/CCCCCC(=O)OC(COCCC(C(=O)O)[N+](C)(C)C)COC(=O)CCCC/C=C/C/C=C/CC. The second-order valence-electron chi connectivity index (χ2n) is 13.1. The van der Waals surface area contributed by atoms with Crippen molar-refractivity contribution in [3.8, 4) is 0 Å². The Morgan fingerprint density at radius 3 is 1.59 bits per heavy atom. The number of likely N-dealkylation sites (N-methyl/N-ethyl adjacent to an activating group) is 1. The van der Waals surface area contributed by atoms with Gasteiger partial charge < -0.3 is 23.8 Å². The molecule has 0 aliphatic heterocycles. The molecule has 1 N–H and O–H groups in total. The maximum atomic E-state index is 12.6. The Hall–Kier alpha value is -3.23. The van der Waals surface area contributed by atoms with Crippen molar-refractivity contribution in [3.63, 3.8) is 0 Å². The predicted octanol–water partition coefficient (Wildman–Crippen LogP) is 9.24. The minimum absolute atomic E-state index is 0.0333. The monoisotopic (exact) mass is 686 g/mol. The number of carboxylic acids is 1. The van der Waals surface area contributed by atoms with E-state index in [0.29, 0.717) is 19.3 Å². The Kier molecular flexibility index (Phi) is 29.9. The number of rotatable bonds is 31. The van der Waals surface area contributed by atoms with E-state index < -0.39 is 18.1 Å². The summed E-state index contributed by atoms with van der Waals surface area (Å²) in [4.78, 5) is 36.7. The number of esters is 2. The average Bonchev–Trinajstić information content (AvgIpc) is 3.05. The number of ether oxygens (including phenoxy) is 3. The van der Waals surface area contributed by atoms with Crippen LogP contribution < -0.4 is 0 Å². The lowest BCUT2D eigenvalue weighted by Gasteiger charge is -2.31. The summed E-state index contributed by atoms with van der Waals surface area (Å²) < 4.78 is 17.1. The van der Waals surface area contributed by atoms with Crippen molar-refractivity contribution >= 4 is 17.9 Å². The molecule has 8 heteroatoms. The molecule has 278 valence electrons. The van der Waals surface area contributed by atoms with Crippen LogP contribution in [0.5, 0.6) is 0 Å². The van der Waals surface area contributed by atoms with Gasteiger partial charge in [-0.25, -0.2) is 4.79 Å². The molecule has 49 heavy (non-hydrogen) atoms. The maximum absolute atomic E-state index is 12.6. The van der Waals surface area contributed by atoms with Gasteiger partial charge in [-0.2, -0.15) is 0 Å². The van der Waals surface area contributed by atoms with Gasteiger partial charge in [-0.1, -0.05) is 93.2 Å². The fourth-order valence-corrected chi connectivity index (χ4v) is 4.76. The lowest BCUT2D eigenvalue weighted by atomic mass is 10.1. The van der Waals surface area contributed by atoms with Gasteiger partial charge in [-0.15, -0.1) is 0 Å². The highest BCUT2D eigenvalue weighted by Gasteiger charge is 2.31. The summed E-state index contributed by atoms with van der Waals surface area (Å²) in [5.41, 5.74) is 0. The molecule has 0 fully saturated rings. The summed E-state index contributed by atoms with van der Waals surface area (Å²) in [6, 6.07) is -0.627. The molecule has 2 atom stereocenters. The normalized spacial score (nSPS) is 13.9. The van der Waals surface area contributed by atoms with Gasteiger partial charge in [0.15, 0.2) is 12.1 Å². The summed E-state index contributed by atoms with van der Waals surface area (Å²) in [6.07, 6.45) is 38.2. The van der Waals surface area contributed by atoms with Gasteiger partial charge in [0.2, 0.25) is 0 Å². The van der Waals surface area contributed by atoms with Gasteiger partial charge in [0.05, 0.1) is 34.4 Å². The maximum Gasteiger partial charge on any atom is 0.362 e. The summed E-state index contributed by atoms with van der Waals surface area (Å²) >= 11 is 0. The standard InChI is InChI=1S/C41H67NO7/c1-6-8-10-12-14-16-17-18-19-20-21-22-24-26-28-30-32-40(44)49-37(35-47-34-33-38(41(45)46)42(3,4)5)36-48-39(43)31-29-27-25-23-15-13-11-9-7-2/h8-11,14-16,18-19,21-23,37-38H,6-7,12-13,17,20,24-36H2,1-5H3/p+1/b10-8+,11-9+,16-14+,19-18+,22-21+,23-15+. The first-order valence-corrected chi connectivity index (χ1v) is 18.5. The molecule has 0 aromatic carbocycles. The second-order valence-corrected chi connectivity index (χ2v) is 13.1. The zero-order valence-electron chi connectivity index (χ0n) is 31.4. The van der Waals surface area contributed by atoms with E-state index in [0.717, 1.165) is 77.0 Å². The van der Waals surface area contributed by atoms with Crippen molar-refractivity contribution < 1.29 is 38.2 Å². The molecule has 0 spiro atoms. The second kappa shape index (κ2) is 32.0. The number of nitrogens with zero attached hydrogens (tertiary/aromatic N) is 1. The van der Waals surface area contributed by atoms with Crippen molar-refractivity contribution in [2.45, 2.75) is 129 Å². The van der Waals surface area contributed by atoms with Crippen molar-refractivity contribution in [1.29, 1.82) is 0 Å². The molecule has 0 aromatic heterocycles. The van der Waals surface area contributed by atoms with E-state index in [2.05, 4.69) is 86.8 Å². The molecule has 0 aliphatic rings. The smallest absolute Gasteiger partial charge is 0.362 e. The minimum atomic E-state index is -0.890. The number of allylic oxidation sites excluding steroid dienone is 12. The van der Waals surface area contributed by atoms with Gasteiger partial charge in [-0.05, 0) is 77.0 Å². The molecule has 0 amide bonds. The van der Waals surface area contributed by atoms with Crippen molar-refractivity contribution in [1.82, 2.24) is 0 Å². The van der Waals surface area contributed by atoms with Crippen LogP contribution in [0, 0.1) is 0 Å². The van der Waals surface area contributed by atoms with Crippen molar-refractivity contribution in [2.75, 3.05) is 41.0 Å². The molecule has 0 saturated heterocycles. The first kappa shape index (κ1) is 45.8. The molecule has 0 bridgehead atoms. The highest BCUT2D eigenvalue weighted by atomic mass is 16.6. The van der Waals surface area contributed by atoms with Crippen LogP contribution in [0.25, 0.3) is 0 Å². The third-order valence-corrected chi connectivity index (χ3v) is 7.60. The fraction of sp³-hybridized carbons (Fsp3) is 0.634. The zero-order chi connectivity index (χ0) is 36.4. The summed E-state index contributed by atoms with van der Waals surface area (Å²) in [7, 11) is 5.48. The van der Waals surface area contributed by atoms with Gasteiger partial charge in [0.25, 0.3) is 0 Å². The largest absolute Gasteiger partial charge is 0.477 e. The number of hydrogen-bond donors (Lipinski definition) is 1. The van der Waals surface area contributed by atoms with Gasteiger partial charge in [0.1, 0.15) is 6.61 Å². The number of hydrogen-bond acceptors (Lipinski definition) is 6. The number of carboxylic acid groups (broad SMARTS) is 1. The molecule has 0 heterocycles. The topological polar surface area (TPSA) is 99.1 Å². The van der Waals surface area contributed by atoms with Crippen LogP contribution in [0.1, 0.15) is 117 Å². The fourth-order valence-electron chi connectivity index (χ4n) is 4.76. The van der Waals surface area contributed by atoms with E-state index in [-0.39, 0.29) is 42.7 Å². The molecule has 0 aliphatic carbocycles. The van der Waals surface area contributed by atoms with Gasteiger partial charge >= 0.3 is 17.9 Å². The van der Waals surface area contributed by atoms with Crippen LogP contribution in [0.3, 0.4) is 0 Å². The van der Waals surface area contributed by atoms with Crippen molar-refractivity contribution in [3.05, 3.63) is 72.9 Å². The lowest BCUT2D eigenvalue weighted by molar-refractivity contribution is -0.887. The molecular weight excluding hydrogens is 618 g/mol. The highest BCUT2D eigenvalue weighted by molar-refractivity contribution is 5.72. The van der Waals surface area contributed by atoms with Crippen LogP contribution in [0.15, 0.2) is 72.9 Å². The van der Waals surface area contributed by atoms with Gasteiger partial charge in [-0.3, -0.25) is 9.59 Å². The number of carbonyl (C=O) groups is 3. The molecular formula is C41H68NO7+. The number of aliphatic carboxylic acids is 1. The van der Waals surface area contributed by atoms with E-state index in [1.807, 2.05) is 21.1 Å². The summed E-state index contributed by atoms with van der Waals surface area (Å²) in [6.45, 7) is 4.38. The zero-order valence-corrected chi connectivity index (χ0v) is 31.4. The van der Waals surface area contributed by atoms with E-state index >= 15 is 0 Å². The predicted molar refractivity (Wildman–Crippen MR) is 201 cm³/mol. The molecule has 0 saturated carbocycles. The number of quaternary nitrogens is 1. The Bertz CT molecular complexity index is 1030. The quantitative estimate of drug-likeness (QED) is 0.0336. The Morgan fingerprint density at radius 1 is 0.612 bits per heavy atom. The molecule has 0 aromatic rings. The lowest BCUT2D eigenvalue weighted by Crippen LogP contribution is -2.50. The van der Waals surface area contributed by atoms with Crippen LogP contribution in [-0.2, 0) is 28.6 Å². The average molecular weight is 687 g/mol. The Labute approximate surface area is 298 Å². The molecule has 0 radical (unpaired) electrons. The van der Waals surface area contributed by atoms with E-state index in [1.54, 1.807) is 0 Å². The third kappa shape index (κ3) is 30.6. The number of carbonyl (C=O) groups excluding carboxylic acids is 2. The Balaban J connectivity index is 4.53. The molecule has 0 rings (SSSR count). The van der Waals surface area contributed by atoms with Crippen molar-refractivity contribution in [2.24, 2.45) is 0 Å². The van der Waals surface area contributed by atoms with Crippen LogP contribution >= 0.6 is 0 Å². The van der Waals surface area contributed by atoms with Crippen LogP contribution in [-0.4, -0.2) is 80.6 Å². The Morgan fingerprint density at radius 2 is 1.08 bits per heavy atom. The van der Waals surface area contributed by atoms with E-state index in [1.165, 1.54) is 0 Å². The first-order valence-electron chi connectivity index (χ1n) is 18.5. The first-order chi connectivity index (χ1) is 23.6. The summed E-state index contributed by atoms with van der Waals surface area (Å²) in [5, 5.41) is 9.57. The number of unbranched alkanes of at least 4 members (excludes halogenated alkanes) is 5. The summed E-state index contributed by atoms with van der Waals surface area (Å²) in [5.74, 6) is -1.57.